The van der Waals surface area contributed by atoms with Crippen molar-refractivity contribution in [1.82, 2.24) is 5.32 Å². The van der Waals surface area contributed by atoms with Crippen molar-refractivity contribution in [3.05, 3.63) is 90.0 Å². The third kappa shape index (κ3) is 5.70. The predicted molar refractivity (Wildman–Crippen MR) is 120 cm³/mol. The van der Waals surface area contributed by atoms with Gasteiger partial charge in [-0.15, -0.1) is 0 Å². The maximum atomic E-state index is 12.9. The van der Waals surface area contributed by atoms with Crippen molar-refractivity contribution in [3.63, 3.8) is 0 Å². The topological polar surface area (TPSA) is 98.7 Å². The molecule has 0 aliphatic heterocycles. The standard InChI is InChI=1S/C24H23N3O4/c1-27(19-7-3-2-4-8-19)21-10-6-5-9-20(21)24(31)26-18-13-11-17(12-14-18)23(30)25-16-15-22(28)29/h2-14H,15-16H2,1H3,(H,25,30)(H,26,31)(H,28,29). The summed E-state index contributed by atoms with van der Waals surface area (Å²) in [5.74, 6) is -1.61. The van der Waals surface area contributed by atoms with E-state index in [1.807, 2.05) is 60.5 Å². The van der Waals surface area contributed by atoms with E-state index in [1.54, 1.807) is 30.3 Å². The average Bonchev–Trinajstić information content (AvgIpc) is 2.79. The molecule has 0 heterocycles. The van der Waals surface area contributed by atoms with E-state index in [0.717, 1.165) is 11.4 Å². The highest BCUT2D eigenvalue weighted by Crippen LogP contribution is 2.27. The smallest absolute Gasteiger partial charge is 0.305 e. The lowest BCUT2D eigenvalue weighted by Crippen LogP contribution is -2.26. The van der Waals surface area contributed by atoms with E-state index < -0.39 is 5.97 Å². The molecular weight excluding hydrogens is 394 g/mol. The number of nitrogens with one attached hydrogen (secondary N) is 2. The number of carboxylic acid groups (broad SMARTS) is 1. The number of para-hydroxylation sites is 2. The number of benzene rings is 3. The van der Waals surface area contributed by atoms with Crippen molar-refractivity contribution in [1.29, 1.82) is 0 Å². The lowest BCUT2D eigenvalue weighted by atomic mass is 10.1. The summed E-state index contributed by atoms with van der Waals surface area (Å²) >= 11 is 0. The first kappa shape index (κ1) is 21.6. The zero-order valence-electron chi connectivity index (χ0n) is 17.0. The van der Waals surface area contributed by atoms with Gasteiger partial charge in [0.1, 0.15) is 0 Å². The molecule has 0 aliphatic carbocycles. The number of amides is 2. The van der Waals surface area contributed by atoms with Crippen molar-refractivity contribution in [3.8, 4) is 0 Å². The summed E-state index contributed by atoms with van der Waals surface area (Å²) in [7, 11) is 1.90. The van der Waals surface area contributed by atoms with Gasteiger partial charge in [0.2, 0.25) is 0 Å². The second-order valence-corrected chi connectivity index (χ2v) is 6.84. The van der Waals surface area contributed by atoms with Gasteiger partial charge in [-0.2, -0.15) is 0 Å². The van der Waals surface area contributed by atoms with Gasteiger partial charge in [0.05, 0.1) is 17.7 Å². The summed E-state index contributed by atoms with van der Waals surface area (Å²) < 4.78 is 0. The van der Waals surface area contributed by atoms with E-state index in [0.29, 0.717) is 16.8 Å². The minimum absolute atomic E-state index is 0.0539. The number of aliphatic carboxylic acids is 1. The fourth-order valence-corrected chi connectivity index (χ4v) is 3.04. The fourth-order valence-electron chi connectivity index (χ4n) is 3.04. The van der Waals surface area contributed by atoms with Gasteiger partial charge in [-0.3, -0.25) is 14.4 Å². The predicted octanol–water partition coefficient (Wildman–Crippen LogP) is 3.91. The third-order valence-corrected chi connectivity index (χ3v) is 4.68. The first-order valence-corrected chi connectivity index (χ1v) is 9.75. The van der Waals surface area contributed by atoms with Crippen LogP contribution in [0, 0.1) is 0 Å². The molecule has 0 spiro atoms. The van der Waals surface area contributed by atoms with Crippen LogP contribution in [-0.2, 0) is 4.79 Å². The first-order valence-electron chi connectivity index (χ1n) is 9.75. The molecule has 3 aromatic rings. The Kier molecular flexibility index (Phi) is 7.01. The van der Waals surface area contributed by atoms with E-state index in [1.165, 1.54) is 0 Å². The number of anilines is 3. The van der Waals surface area contributed by atoms with Crippen molar-refractivity contribution in [2.45, 2.75) is 6.42 Å². The molecule has 3 N–H and O–H groups in total. The second-order valence-electron chi connectivity index (χ2n) is 6.84. The Morgan fingerprint density at radius 3 is 2.16 bits per heavy atom. The SMILES string of the molecule is CN(c1ccccc1)c1ccccc1C(=O)Nc1ccc(C(=O)NCCC(=O)O)cc1. The summed E-state index contributed by atoms with van der Waals surface area (Å²) in [6, 6.07) is 23.5. The van der Waals surface area contributed by atoms with Crippen LogP contribution in [-0.4, -0.2) is 36.5 Å². The van der Waals surface area contributed by atoms with Crippen molar-refractivity contribution in [2.75, 3.05) is 23.8 Å². The molecule has 158 valence electrons. The zero-order chi connectivity index (χ0) is 22.2. The van der Waals surface area contributed by atoms with Crippen LogP contribution >= 0.6 is 0 Å². The van der Waals surface area contributed by atoms with E-state index in [-0.39, 0.29) is 24.8 Å². The van der Waals surface area contributed by atoms with Gasteiger partial charge in [-0.05, 0) is 48.5 Å². The molecule has 7 heteroatoms. The summed E-state index contributed by atoms with van der Waals surface area (Å²) in [5.41, 5.74) is 3.17. The summed E-state index contributed by atoms with van der Waals surface area (Å²) in [4.78, 5) is 37.4. The zero-order valence-corrected chi connectivity index (χ0v) is 17.0. The molecular formula is C24H23N3O4. The quantitative estimate of drug-likeness (QED) is 0.516. The van der Waals surface area contributed by atoms with Gasteiger partial charge in [-0.1, -0.05) is 30.3 Å². The molecule has 31 heavy (non-hydrogen) atoms. The molecule has 3 aromatic carbocycles. The van der Waals surface area contributed by atoms with Crippen molar-refractivity contribution in [2.24, 2.45) is 0 Å². The maximum absolute atomic E-state index is 12.9. The maximum Gasteiger partial charge on any atom is 0.305 e. The summed E-state index contributed by atoms with van der Waals surface area (Å²) in [5, 5.41) is 14.0. The van der Waals surface area contributed by atoms with Crippen LogP contribution in [0.1, 0.15) is 27.1 Å². The number of nitrogens with zero attached hydrogens (tertiary/aromatic N) is 1. The molecule has 0 atom stereocenters. The Bertz CT molecular complexity index is 1070. The molecule has 2 amide bonds. The Balaban J connectivity index is 1.70. The monoisotopic (exact) mass is 417 g/mol. The fraction of sp³-hybridized carbons (Fsp3) is 0.125. The number of rotatable bonds is 8. The summed E-state index contributed by atoms with van der Waals surface area (Å²) in [6.45, 7) is 0.0539. The van der Waals surface area contributed by atoms with Crippen LogP contribution in [0.2, 0.25) is 0 Å². The molecule has 0 bridgehead atoms. The van der Waals surface area contributed by atoms with E-state index in [4.69, 9.17) is 5.11 Å². The molecule has 0 aromatic heterocycles. The number of carbonyl (C=O) groups is 3. The second kappa shape index (κ2) is 10.1. The van der Waals surface area contributed by atoms with E-state index in [2.05, 4.69) is 10.6 Å². The normalized spacial score (nSPS) is 10.2. The molecule has 3 rings (SSSR count). The molecule has 0 unspecified atom stereocenters. The molecule has 0 fully saturated rings. The van der Waals surface area contributed by atoms with Crippen molar-refractivity contribution < 1.29 is 19.5 Å². The first-order chi connectivity index (χ1) is 15.0. The minimum Gasteiger partial charge on any atom is -0.481 e. The van der Waals surface area contributed by atoms with Crippen LogP contribution in [0.4, 0.5) is 17.1 Å². The largest absolute Gasteiger partial charge is 0.481 e. The van der Waals surface area contributed by atoms with Crippen LogP contribution in [0.15, 0.2) is 78.9 Å². The van der Waals surface area contributed by atoms with Gasteiger partial charge in [0.25, 0.3) is 11.8 Å². The van der Waals surface area contributed by atoms with Gasteiger partial charge in [0.15, 0.2) is 0 Å². The number of carbonyl (C=O) groups excluding carboxylic acids is 2. The average molecular weight is 417 g/mol. The minimum atomic E-state index is -0.975. The van der Waals surface area contributed by atoms with E-state index in [9.17, 15) is 14.4 Å². The van der Waals surface area contributed by atoms with Gasteiger partial charge in [0, 0.05) is 30.5 Å². The highest BCUT2D eigenvalue weighted by atomic mass is 16.4. The number of carboxylic acids is 1. The highest BCUT2D eigenvalue weighted by Gasteiger charge is 2.15. The van der Waals surface area contributed by atoms with Gasteiger partial charge < -0.3 is 20.6 Å². The van der Waals surface area contributed by atoms with E-state index >= 15 is 0 Å². The Morgan fingerprint density at radius 1 is 0.839 bits per heavy atom. The highest BCUT2D eigenvalue weighted by molar-refractivity contribution is 6.08. The van der Waals surface area contributed by atoms with Gasteiger partial charge >= 0.3 is 5.97 Å². The lowest BCUT2D eigenvalue weighted by Gasteiger charge is -2.22. The van der Waals surface area contributed by atoms with Gasteiger partial charge in [-0.25, -0.2) is 0 Å². The third-order valence-electron chi connectivity index (χ3n) is 4.68. The summed E-state index contributed by atoms with van der Waals surface area (Å²) in [6.07, 6.45) is -0.142. The van der Waals surface area contributed by atoms with Crippen LogP contribution in [0.3, 0.4) is 0 Å². The number of hydrogen-bond donors (Lipinski definition) is 3. The Hall–Kier alpha value is -4.13. The molecule has 0 radical (unpaired) electrons. The van der Waals surface area contributed by atoms with Crippen LogP contribution < -0.4 is 15.5 Å². The molecule has 0 aliphatic rings. The molecule has 7 nitrogen and oxygen atoms in total. The Morgan fingerprint density at radius 2 is 1.48 bits per heavy atom. The molecule has 0 saturated heterocycles. The van der Waals surface area contributed by atoms with Crippen LogP contribution in [0.25, 0.3) is 0 Å². The van der Waals surface area contributed by atoms with Crippen LogP contribution in [0.5, 0.6) is 0 Å². The number of hydrogen-bond acceptors (Lipinski definition) is 4. The molecule has 0 saturated carbocycles. The van der Waals surface area contributed by atoms with Crippen molar-refractivity contribution >= 4 is 34.8 Å². The lowest BCUT2D eigenvalue weighted by molar-refractivity contribution is -0.136. The Labute approximate surface area is 180 Å².